The fourth-order valence-electron chi connectivity index (χ4n) is 2.57. The summed E-state index contributed by atoms with van der Waals surface area (Å²) >= 11 is 0. The summed E-state index contributed by atoms with van der Waals surface area (Å²) < 4.78 is 0. The van der Waals surface area contributed by atoms with Crippen LogP contribution in [0.1, 0.15) is 49.9 Å². The van der Waals surface area contributed by atoms with Crippen molar-refractivity contribution in [1.29, 1.82) is 0 Å². The SMILES string of the molecule is CC(C)Nc1cccc(C(=O)NC2CCC(O)CC2)c1. The van der Waals surface area contributed by atoms with E-state index in [4.69, 9.17) is 0 Å². The van der Waals surface area contributed by atoms with Crippen molar-refractivity contribution in [2.45, 2.75) is 57.7 Å². The number of hydrogen-bond acceptors (Lipinski definition) is 3. The molecule has 1 saturated carbocycles. The average molecular weight is 276 g/mol. The van der Waals surface area contributed by atoms with Gasteiger partial charge in [-0.3, -0.25) is 4.79 Å². The van der Waals surface area contributed by atoms with Crippen LogP contribution in [-0.4, -0.2) is 29.2 Å². The molecule has 4 nitrogen and oxygen atoms in total. The predicted octanol–water partition coefficient (Wildman–Crippen LogP) is 2.54. The monoisotopic (exact) mass is 276 g/mol. The topological polar surface area (TPSA) is 61.4 Å². The quantitative estimate of drug-likeness (QED) is 0.792. The fourth-order valence-corrected chi connectivity index (χ4v) is 2.57. The maximum Gasteiger partial charge on any atom is 0.251 e. The van der Waals surface area contributed by atoms with Crippen LogP contribution in [0.15, 0.2) is 24.3 Å². The summed E-state index contributed by atoms with van der Waals surface area (Å²) in [6.07, 6.45) is 3.08. The molecule has 4 heteroatoms. The van der Waals surface area contributed by atoms with Crippen LogP contribution < -0.4 is 10.6 Å². The number of amides is 1. The van der Waals surface area contributed by atoms with E-state index in [1.165, 1.54) is 0 Å². The number of rotatable bonds is 4. The van der Waals surface area contributed by atoms with Crippen molar-refractivity contribution in [3.05, 3.63) is 29.8 Å². The van der Waals surface area contributed by atoms with Gasteiger partial charge in [-0.2, -0.15) is 0 Å². The zero-order valence-electron chi connectivity index (χ0n) is 12.2. The van der Waals surface area contributed by atoms with Crippen molar-refractivity contribution in [3.8, 4) is 0 Å². The molecule has 0 aromatic heterocycles. The first-order valence-electron chi connectivity index (χ1n) is 7.40. The second-order valence-electron chi connectivity index (χ2n) is 5.86. The molecule has 3 N–H and O–H groups in total. The Morgan fingerprint density at radius 3 is 2.60 bits per heavy atom. The summed E-state index contributed by atoms with van der Waals surface area (Å²) in [5.41, 5.74) is 1.65. The third kappa shape index (κ3) is 4.23. The van der Waals surface area contributed by atoms with Gasteiger partial charge in [0.2, 0.25) is 0 Å². The van der Waals surface area contributed by atoms with Crippen molar-refractivity contribution in [2.75, 3.05) is 5.32 Å². The third-order valence-electron chi connectivity index (χ3n) is 3.61. The maximum atomic E-state index is 12.2. The van der Waals surface area contributed by atoms with Crippen molar-refractivity contribution in [1.82, 2.24) is 5.32 Å². The van der Waals surface area contributed by atoms with Crippen molar-refractivity contribution in [3.63, 3.8) is 0 Å². The highest BCUT2D eigenvalue weighted by atomic mass is 16.3. The molecule has 0 aliphatic heterocycles. The first-order valence-corrected chi connectivity index (χ1v) is 7.40. The molecule has 0 bridgehead atoms. The van der Waals surface area contributed by atoms with E-state index in [-0.39, 0.29) is 18.1 Å². The molecule has 1 aromatic rings. The van der Waals surface area contributed by atoms with E-state index in [2.05, 4.69) is 24.5 Å². The molecule has 110 valence electrons. The highest BCUT2D eigenvalue weighted by Crippen LogP contribution is 2.19. The standard InChI is InChI=1S/C16H24N2O2/c1-11(2)17-14-5-3-4-12(10-14)16(20)18-13-6-8-15(19)9-7-13/h3-5,10-11,13,15,17,19H,6-9H2,1-2H3,(H,18,20). The molecule has 0 spiro atoms. The van der Waals surface area contributed by atoms with Crippen molar-refractivity contribution in [2.24, 2.45) is 0 Å². The number of aliphatic hydroxyl groups is 1. The van der Waals surface area contributed by atoms with Crippen molar-refractivity contribution >= 4 is 11.6 Å². The fraction of sp³-hybridized carbons (Fsp3) is 0.562. The summed E-state index contributed by atoms with van der Waals surface area (Å²) in [6, 6.07) is 8.10. The van der Waals surface area contributed by atoms with Crippen LogP contribution in [0.25, 0.3) is 0 Å². The predicted molar refractivity (Wildman–Crippen MR) is 80.9 cm³/mol. The number of carbonyl (C=O) groups is 1. The van der Waals surface area contributed by atoms with Crippen LogP contribution in [-0.2, 0) is 0 Å². The smallest absolute Gasteiger partial charge is 0.251 e. The minimum absolute atomic E-state index is 0.0289. The Kier molecular flexibility index (Phi) is 5.01. The van der Waals surface area contributed by atoms with Gasteiger partial charge in [0.1, 0.15) is 0 Å². The lowest BCUT2D eigenvalue weighted by molar-refractivity contribution is 0.0867. The number of hydrogen-bond donors (Lipinski definition) is 3. The van der Waals surface area contributed by atoms with Crippen LogP contribution in [0.3, 0.4) is 0 Å². The number of benzene rings is 1. The highest BCUT2D eigenvalue weighted by Gasteiger charge is 2.21. The van der Waals surface area contributed by atoms with Crippen LogP contribution in [0.5, 0.6) is 0 Å². The molecule has 1 fully saturated rings. The van der Waals surface area contributed by atoms with Gasteiger partial charge in [-0.05, 0) is 57.7 Å². The molecular formula is C16H24N2O2. The molecule has 20 heavy (non-hydrogen) atoms. The summed E-state index contributed by atoms with van der Waals surface area (Å²) in [5.74, 6) is -0.0289. The van der Waals surface area contributed by atoms with E-state index in [0.29, 0.717) is 11.6 Å². The molecule has 0 heterocycles. The molecule has 1 aromatic carbocycles. The van der Waals surface area contributed by atoms with E-state index in [9.17, 15) is 9.90 Å². The normalized spacial score (nSPS) is 22.6. The molecule has 1 aliphatic carbocycles. The van der Waals surface area contributed by atoms with Gasteiger partial charge in [-0.1, -0.05) is 6.07 Å². The summed E-state index contributed by atoms with van der Waals surface area (Å²) in [5, 5.41) is 15.8. The lowest BCUT2D eigenvalue weighted by atomic mass is 9.93. The van der Waals surface area contributed by atoms with Crippen LogP contribution >= 0.6 is 0 Å². The Labute approximate surface area is 120 Å². The van der Waals surface area contributed by atoms with Crippen molar-refractivity contribution < 1.29 is 9.90 Å². The Morgan fingerprint density at radius 2 is 1.95 bits per heavy atom. The van der Waals surface area contributed by atoms with Gasteiger partial charge in [0.25, 0.3) is 5.91 Å². The number of anilines is 1. The van der Waals surface area contributed by atoms with Gasteiger partial charge in [0.15, 0.2) is 0 Å². The van der Waals surface area contributed by atoms with E-state index < -0.39 is 0 Å². The first-order chi connectivity index (χ1) is 9.54. The zero-order valence-corrected chi connectivity index (χ0v) is 12.2. The molecular weight excluding hydrogens is 252 g/mol. The van der Waals surface area contributed by atoms with E-state index in [1.54, 1.807) is 0 Å². The van der Waals surface area contributed by atoms with Crippen LogP contribution in [0.4, 0.5) is 5.69 Å². The minimum atomic E-state index is -0.193. The van der Waals surface area contributed by atoms with Gasteiger partial charge in [0.05, 0.1) is 6.10 Å². The van der Waals surface area contributed by atoms with E-state index in [1.807, 2.05) is 24.3 Å². The molecule has 0 unspecified atom stereocenters. The zero-order chi connectivity index (χ0) is 14.5. The number of nitrogens with one attached hydrogen (secondary N) is 2. The second-order valence-corrected chi connectivity index (χ2v) is 5.86. The lowest BCUT2D eigenvalue weighted by Crippen LogP contribution is -2.38. The maximum absolute atomic E-state index is 12.2. The van der Waals surface area contributed by atoms with Gasteiger partial charge in [-0.15, -0.1) is 0 Å². The molecule has 1 amide bonds. The Morgan fingerprint density at radius 1 is 1.25 bits per heavy atom. The van der Waals surface area contributed by atoms with Gasteiger partial charge < -0.3 is 15.7 Å². The Bertz CT molecular complexity index is 452. The lowest BCUT2D eigenvalue weighted by Gasteiger charge is -2.26. The largest absolute Gasteiger partial charge is 0.393 e. The average Bonchev–Trinajstić information content (AvgIpc) is 2.41. The van der Waals surface area contributed by atoms with Gasteiger partial charge in [0, 0.05) is 23.3 Å². The molecule has 0 saturated heterocycles. The Hall–Kier alpha value is -1.55. The third-order valence-corrected chi connectivity index (χ3v) is 3.61. The van der Waals surface area contributed by atoms with E-state index >= 15 is 0 Å². The van der Waals surface area contributed by atoms with Crippen LogP contribution in [0.2, 0.25) is 0 Å². The number of carbonyl (C=O) groups excluding carboxylic acids is 1. The first kappa shape index (κ1) is 14.9. The molecule has 1 aliphatic rings. The summed E-state index contributed by atoms with van der Waals surface area (Å²) in [7, 11) is 0. The minimum Gasteiger partial charge on any atom is -0.393 e. The summed E-state index contributed by atoms with van der Waals surface area (Å²) in [4.78, 5) is 12.2. The van der Waals surface area contributed by atoms with Crippen LogP contribution in [0, 0.1) is 0 Å². The molecule has 0 radical (unpaired) electrons. The Balaban J connectivity index is 1.95. The second kappa shape index (κ2) is 6.75. The van der Waals surface area contributed by atoms with E-state index in [0.717, 1.165) is 31.4 Å². The highest BCUT2D eigenvalue weighted by molar-refractivity contribution is 5.95. The number of aliphatic hydroxyl groups excluding tert-OH is 1. The van der Waals surface area contributed by atoms with Gasteiger partial charge in [-0.25, -0.2) is 0 Å². The summed E-state index contributed by atoms with van der Waals surface area (Å²) in [6.45, 7) is 4.14. The molecule has 0 atom stereocenters. The molecule has 2 rings (SSSR count). The van der Waals surface area contributed by atoms with Gasteiger partial charge >= 0.3 is 0 Å².